The fourth-order valence-electron chi connectivity index (χ4n) is 1.99. The lowest BCUT2D eigenvalue weighted by Gasteiger charge is -1.99. The van der Waals surface area contributed by atoms with Crippen LogP contribution in [0.2, 0.25) is 0 Å². The number of carboxylic acids is 1. The minimum absolute atomic E-state index is 0.129. The minimum Gasteiger partial charge on any atom is -0.475 e. The molecule has 0 radical (unpaired) electrons. The van der Waals surface area contributed by atoms with Crippen molar-refractivity contribution < 1.29 is 19.6 Å². The van der Waals surface area contributed by atoms with Gasteiger partial charge in [0.05, 0.1) is 28.9 Å². The molecule has 0 spiro atoms. The minimum atomic E-state index is -1.19. The van der Waals surface area contributed by atoms with E-state index in [1.54, 1.807) is 0 Å². The molecule has 0 amide bonds. The predicted molar refractivity (Wildman–Crippen MR) is 70.3 cm³/mol. The average molecular weight is 292 g/mol. The molecule has 9 nitrogen and oxygen atoms in total. The first-order chi connectivity index (χ1) is 9.79. The first kappa shape index (κ1) is 14.4. The van der Waals surface area contributed by atoms with E-state index in [4.69, 9.17) is 5.11 Å². The van der Waals surface area contributed by atoms with Crippen molar-refractivity contribution in [2.75, 3.05) is 0 Å². The Morgan fingerprint density at radius 1 is 1.33 bits per heavy atom. The van der Waals surface area contributed by atoms with E-state index >= 15 is 0 Å². The third kappa shape index (κ3) is 2.81. The Hall–Kier alpha value is -2.97. The van der Waals surface area contributed by atoms with E-state index in [9.17, 15) is 19.7 Å². The topological polar surface area (TPSA) is 120 Å². The summed E-state index contributed by atoms with van der Waals surface area (Å²) in [7, 11) is 3.04. The zero-order valence-corrected chi connectivity index (χ0v) is 11.3. The molecule has 0 bridgehead atoms. The summed E-state index contributed by atoms with van der Waals surface area (Å²) in [6.45, 7) is 0. The Kier molecular flexibility index (Phi) is 3.57. The molecule has 2 heterocycles. The molecule has 110 valence electrons. The summed E-state index contributed by atoms with van der Waals surface area (Å²) >= 11 is 0. The summed E-state index contributed by atoms with van der Waals surface area (Å²) < 4.78 is 2.67. The molecular weight excluding hydrogens is 280 g/mol. The van der Waals surface area contributed by atoms with Crippen molar-refractivity contribution in [3.63, 3.8) is 0 Å². The number of nitrogens with zero attached hydrogens (tertiary/aromatic N) is 4. The lowest BCUT2D eigenvalue weighted by molar-refractivity contribution is -0.384. The number of rotatable bonds is 5. The monoisotopic (exact) mass is 292 g/mol. The number of hydrogen-bond acceptors (Lipinski definition) is 5. The lowest BCUT2D eigenvalue weighted by atomic mass is 10.2. The molecular formula is C12H12N4O5. The van der Waals surface area contributed by atoms with Crippen LogP contribution in [0.4, 0.5) is 5.69 Å². The highest BCUT2D eigenvalue weighted by atomic mass is 16.6. The van der Waals surface area contributed by atoms with Gasteiger partial charge in [-0.2, -0.15) is 0 Å². The third-order valence-corrected chi connectivity index (χ3v) is 2.95. The highest BCUT2D eigenvalue weighted by molar-refractivity contribution is 5.96. The highest BCUT2D eigenvalue weighted by Crippen LogP contribution is 2.17. The predicted octanol–water partition coefficient (Wildman–Crippen LogP) is 0.790. The van der Waals surface area contributed by atoms with Crippen LogP contribution < -0.4 is 0 Å². The van der Waals surface area contributed by atoms with Crippen LogP contribution in [0, 0.1) is 10.1 Å². The van der Waals surface area contributed by atoms with Crippen LogP contribution in [0.1, 0.15) is 26.8 Å². The molecule has 0 aliphatic rings. The maximum Gasteiger partial charge on any atom is 0.372 e. The zero-order valence-electron chi connectivity index (χ0n) is 11.3. The first-order valence-electron chi connectivity index (χ1n) is 5.89. The Bertz CT molecular complexity index is 743. The molecule has 0 saturated carbocycles. The van der Waals surface area contributed by atoms with Gasteiger partial charge in [-0.05, 0) is 0 Å². The van der Waals surface area contributed by atoms with E-state index in [-0.39, 0.29) is 29.4 Å². The number of Topliss-reactive ketones (excluding diaryl/α,β-unsaturated/α-hetero) is 1. The molecule has 0 aliphatic heterocycles. The van der Waals surface area contributed by atoms with Gasteiger partial charge in [0.2, 0.25) is 5.82 Å². The number of carbonyl (C=O) groups is 2. The van der Waals surface area contributed by atoms with E-state index in [1.165, 1.54) is 41.7 Å². The lowest BCUT2D eigenvalue weighted by Crippen LogP contribution is -2.09. The van der Waals surface area contributed by atoms with Crippen molar-refractivity contribution in [3.05, 3.63) is 45.8 Å². The number of imidazole rings is 1. The molecule has 0 aliphatic carbocycles. The Labute approximate surface area is 118 Å². The molecule has 2 aromatic rings. The molecule has 1 N–H and O–H groups in total. The highest BCUT2D eigenvalue weighted by Gasteiger charge is 2.20. The van der Waals surface area contributed by atoms with Crippen molar-refractivity contribution in [1.29, 1.82) is 0 Å². The molecule has 0 atom stereocenters. The van der Waals surface area contributed by atoms with Gasteiger partial charge in [0, 0.05) is 26.4 Å². The van der Waals surface area contributed by atoms with Gasteiger partial charge in [0.15, 0.2) is 5.78 Å². The van der Waals surface area contributed by atoms with Crippen LogP contribution in [-0.2, 0) is 20.5 Å². The molecule has 0 fully saturated rings. The normalized spacial score (nSPS) is 10.6. The van der Waals surface area contributed by atoms with Gasteiger partial charge < -0.3 is 14.2 Å². The number of ketones is 1. The number of aromatic nitrogens is 3. The van der Waals surface area contributed by atoms with Gasteiger partial charge in [-0.3, -0.25) is 14.9 Å². The van der Waals surface area contributed by atoms with Gasteiger partial charge in [-0.1, -0.05) is 0 Å². The molecule has 21 heavy (non-hydrogen) atoms. The van der Waals surface area contributed by atoms with Gasteiger partial charge in [0.1, 0.15) is 0 Å². The summed E-state index contributed by atoms with van der Waals surface area (Å²) in [5.41, 5.74) is 0.293. The summed E-state index contributed by atoms with van der Waals surface area (Å²) in [5, 5.41) is 19.6. The van der Waals surface area contributed by atoms with Crippen molar-refractivity contribution in [3.8, 4) is 0 Å². The fraction of sp³-hybridized carbons (Fsp3) is 0.250. The molecule has 0 aromatic carbocycles. The van der Waals surface area contributed by atoms with Gasteiger partial charge in [0.25, 0.3) is 5.69 Å². The zero-order chi connectivity index (χ0) is 15.7. The second kappa shape index (κ2) is 5.19. The fourth-order valence-corrected chi connectivity index (χ4v) is 1.99. The van der Waals surface area contributed by atoms with Crippen molar-refractivity contribution in [2.24, 2.45) is 14.1 Å². The van der Waals surface area contributed by atoms with Crippen molar-refractivity contribution in [1.82, 2.24) is 14.1 Å². The second-order valence-electron chi connectivity index (χ2n) is 4.52. The Morgan fingerprint density at radius 3 is 2.48 bits per heavy atom. The third-order valence-electron chi connectivity index (χ3n) is 2.95. The van der Waals surface area contributed by atoms with Crippen LogP contribution in [-0.4, -0.2) is 35.9 Å². The van der Waals surface area contributed by atoms with Gasteiger partial charge >= 0.3 is 5.97 Å². The number of carboxylic acid groups (broad SMARTS) is 1. The SMILES string of the molecule is Cn1cc([N+](=O)[O-])cc1C(=O)Cc1cn(C)c(C(=O)O)n1. The van der Waals surface area contributed by atoms with Gasteiger partial charge in [-0.25, -0.2) is 9.78 Å². The number of hydrogen-bond donors (Lipinski definition) is 1. The van der Waals surface area contributed by atoms with Crippen LogP contribution >= 0.6 is 0 Å². The molecule has 2 rings (SSSR count). The van der Waals surface area contributed by atoms with Crippen LogP contribution in [0.25, 0.3) is 0 Å². The number of nitro groups is 1. The summed E-state index contributed by atoms with van der Waals surface area (Å²) in [6.07, 6.45) is 2.56. The second-order valence-corrected chi connectivity index (χ2v) is 4.52. The van der Waals surface area contributed by atoms with E-state index in [0.29, 0.717) is 5.69 Å². The number of aromatic carboxylic acids is 1. The van der Waals surface area contributed by atoms with Crippen molar-refractivity contribution >= 4 is 17.4 Å². The van der Waals surface area contributed by atoms with E-state index < -0.39 is 10.9 Å². The van der Waals surface area contributed by atoms with Gasteiger partial charge in [-0.15, -0.1) is 0 Å². The standard InChI is InChI=1S/C12H12N4O5/c1-14-6-8(16(20)21)4-9(14)10(17)3-7-5-15(2)11(13-7)12(18)19/h4-6H,3H2,1-2H3,(H,18,19). The quantitative estimate of drug-likeness (QED) is 0.494. The van der Waals surface area contributed by atoms with E-state index in [2.05, 4.69) is 4.98 Å². The summed E-state index contributed by atoms with van der Waals surface area (Å²) in [5.74, 6) is -1.73. The molecule has 9 heteroatoms. The summed E-state index contributed by atoms with van der Waals surface area (Å²) in [4.78, 5) is 36.9. The van der Waals surface area contributed by atoms with E-state index in [0.717, 1.165) is 0 Å². The van der Waals surface area contributed by atoms with Crippen LogP contribution in [0.15, 0.2) is 18.5 Å². The van der Waals surface area contributed by atoms with Crippen molar-refractivity contribution in [2.45, 2.75) is 6.42 Å². The maximum atomic E-state index is 12.1. The van der Waals surface area contributed by atoms with Crippen LogP contribution in [0.5, 0.6) is 0 Å². The van der Waals surface area contributed by atoms with Crippen LogP contribution in [0.3, 0.4) is 0 Å². The number of carbonyl (C=O) groups excluding carboxylic acids is 1. The van der Waals surface area contributed by atoms with E-state index in [1.807, 2.05) is 0 Å². The molecule has 2 aromatic heterocycles. The maximum absolute atomic E-state index is 12.1. The Balaban J connectivity index is 2.24. The molecule has 0 saturated heterocycles. The Morgan fingerprint density at radius 2 is 2.00 bits per heavy atom. The largest absolute Gasteiger partial charge is 0.475 e. The summed E-state index contributed by atoms with van der Waals surface area (Å²) in [6, 6.07) is 1.18. The smallest absolute Gasteiger partial charge is 0.372 e. The average Bonchev–Trinajstić information content (AvgIpc) is 2.92. The first-order valence-corrected chi connectivity index (χ1v) is 5.89. The number of aryl methyl sites for hydroxylation is 2. The molecule has 0 unspecified atom stereocenters.